The molecule has 0 aliphatic carbocycles. The summed E-state index contributed by atoms with van der Waals surface area (Å²) in [6.45, 7) is 3.30. The molecule has 2 rings (SSSR count). The maximum atomic E-state index is 13.0. The molecule has 0 aliphatic heterocycles. The van der Waals surface area contributed by atoms with E-state index in [1.54, 1.807) is 26.0 Å². The van der Waals surface area contributed by atoms with Gasteiger partial charge in [-0.3, -0.25) is 4.72 Å². The first-order valence-corrected chi connectivity index (χ1v) is 7.85. The minimum atomic E-state index is -3.97. The van der Waals surface area contributed by atoms with Crippen molar-refractivity contribution in [3.8, 4) is 5.75 Å². The molecule has 0 unspecified atom stereocenters. The van der Waals surface area contributed by atoms with E-state index in [0.717, 1.165) is 18.2 Å². The van der Waals surface area contributed by atoms with Gasteiger partial charge in [0.25, 0.3) is 10.0 Å². The standard InChI is InChI=1S/C14H13ClFNO3S/c1-8-3-5-12(9(2)14(8)18)17-21(19,20)13-6-4-10(16)7-11(13)15/h3-7,17-18H,1-2H3. The van der Waals surface area contributed by atoms with Crippen LogP contribution in [0.25, 0.3) is 0 Å². The van der Waals surface area contributed by atoms with Crippen LogP contribution in [0.3, 0.4) is 0 Å². The topological polar surface area (TPSA) is 66.4 Å². The Labute approximate surface area is 127 Å². The molecule has 0 atom stereocenters. The number of aryl methyl sites for hydroxylation is 1. The zero-order chi connectivity index (χ0) is 15.8. The van der Waals surface area contributed by atoms with E-state index in [0.29, 0.717) is 11.1 Å². The van der Waals surface area contributed by atoms with Gasteiger partial charge in [-0.1, -0.05) is 17.7 Å². The SMILES string of the molecule is Cc1ccc(NS(=O)(=O)c2ccc(F)cc2Cl)c(C)c1O. The Bertz CT molecular complexity index is 806. The van der Waals surface area contributed by atoms with Gasteiger partial charge in [0, 0.05) is 5.56 Å². The van der Waals surface area contributed by atoms with Crippen molar-refractivity contribution in [3.63, 3.8) is 0 Å². The lowest BCUT2D eigenvalue weighted by atomic mass is 10.1. The van der Waals surface area contributed by atoms with Crippen molar-refractivity contribution in [2.45, 2.75) is 18.7 Å². The number of phenols is 1. The van der Waals surface area contributed by atoms with Crippen LogP contribution in [0, 0.1) is 19.7 Å². The molecule has 0 spiro atoms. The third-order valence-electron chi connectivity index (χ3n) is 3.06. The van der Waals surface area contributed by atoms with Crippen molar-refractivity contribution in [2.75, 3.05) is 4.72 Å². The molecule has 4 nitrogen and oxygen atoms in total. The molecular formula is C14H13ClFNO3S. The maximum Gasteiger partial charge on any atom is 0.263 e. The highest BCUT2D eigenvalue weighted by molar-refractivity contribution is 7.92. The van der Waals surface area contributed by atoms with Gasteiger partial charge in [-0.05, 0) is 43.7 Å². The van der Waals surface area contributed by atoms with Gasteiger partial charge in [0.2, 0.25) is 0 Å². The lowest BCUT2D eigenvalue weighted by Crippen LogP contribution is -2.14. The van der Waals surface area contributed by atoms with E-state index < -0.39 is 15.8 Å². The largest absolute Gasteiger partial charge is 0.507 e. The van der Waals surface area contributed by atoms with Crippen molar-refractivity contribution >= 4 is 27.3 Å². The van der Waals surface area contributed by atoms with Gasteiger partial charge in [0.05, 0.1) is 10.7 Å². The molecule has 112 valence electrons. The van der Waals surface area contributed by atoms with Crippen molar-refractivity contribution < 1.29 is 17.9 Å². The van der Waals surface area contributed by atoms with Crippen LogP contribution in [0.5, 0.6) is 5.75 Å². The molecule has 0 fully saturated rings. The number of hydrogen-bond donors (Lipinski definition) is 2. The summed E-state index contributed by atoms with van der Waals surface area (Å²) in [6.07, 6.45) is 0. The predicted octanol–water partition coefficient (Wildman–Crippen LogP) is 3.60. The second-order valence-electron chi connectivity index (χ2n) is 4.58. The van der Waals surface area contributed by atoms with Crippen molar-refractivity contribution in [1.29, 1.82) is 0 Å². The second kappa shape index (κ2) is 5.54. The molecule has 2 N–H and O–H groups in total. The molecular weight excluding hydrogens is 317 g/mol. The molecule has 2 aromatic rings. The van der Waals surface area contributed by atoms with Crippen LogP contribution in [0.4, 0.5) is 10.1 Å². The highest BCUT2D eigenvalue weighted by atomic mass is 35.5. The summed E-state index contributed by atoms with van der Waals surface area (Å²) < 4.78 is 39.9. The number of aromatic hydroxyl groups is 1. The molecule has 0 aromatic heterocycles. The quantitative estimate of drug-likeness (QED) is 0.904. The van der Waals surface area contributed by atoms with Crippen LogP contribution in [0.15, 0.2) is 35.2 Å². The number of phenolic OH excluding ortho intramolecular Hbond substituents is 1. The molecule has 0 radical (unpaired) electrons. The van der Waals surface area contributed by atoms with Crippen molar-refractivity contribution in [1.82, 2.24) is 0 Å². The van der Waals surface area contributed by atoms with Crippen LogP contribution in [-0.2, 0) is 10.0 Å². The number of rotatable bonds is 3. The number of anilines is 1. The lowest BCUT2D eigenvalue weighted by molar-refractivity contribution is 0.467. The fourth-order valence-corrected chi connectivity index (χ4v) is 3.49. The van der Waals surface area contributed by atoms with E-state index in [1.165, 1.54) is 0 Å². The Morgan fingerprint density at radius 1 is 1.19 bits per heavy atom. The van der Waals surface area contributed by atoms with Gasteiger partial charge in [-0.15, -0.1) is 0 Å². The number of sulfonamides is 1. The third kappa shape index (κ3) is 3.11. The van der Waals surface area contributed by atoms with Crippen molar-refractivity contribution in [3.05, 3.63) is 52.3 Å². The fraction of sp³-hybridized carbons (Fsp3) is 0.143. The first kappa shape index (κ1) is 15.6. The molecule has 0 saturated carbocycles. The number of nitrogens with one attached hydrogen (secondary N) is 1. The van der Waals surface area contributed by atoms with Crippen LogP contribution < -0.4 is 4.72 Å². The smallest absolute Gasteiger partial charge is 0.263 e. The highest BCUT2D eigenvalue weighted by Crippen LogP contribution is 2.31. The molecule has 0 bridgehead atoms. The molecule has 0 saturated heterocycles. The average molecular weight is 330 g/mol. The normalized spacial score (nSPS) is 11.4. The first-order valence-electron chi connectivity index (χ1n) is 5.99. The minimum absolute atomic E-state index is 0.0143. The molecule has 2 aromatic carbocycles. The van der Waals surface area contributed by atoms with Crippen LogP contribution in [-0.4, -0.2) is 13.5 Å². The van der Waals surface area contributed by atoms with Crippen LogP contribution in [0.1, 0.15) is 11.1 Å². The van der Waals surface area contributed by atoms with Gasteiger partial charge in [-0.25, -0.2) is 12.8 Å². The van der Waals surface area contributed by atoms with E-state index >= 15 is 0 Å². The summed E-state index contributed by atoms with van der Waals surface area (Å²) in [7, 11) is -3.97. The number of hydrogen-bond acceptors (Lipinski definition) is 3. The van der Waals surface area contributed by atoms with Gasteiger partial charge in [0.15, 0.2) is 0 Å². The van der Waals surface area contributed by atoms with Crippen LogP contribution >= 0.6 is 11.6 Å². The zero-order valence-electron chi connectivity index (χ0n) is 11.3. The summed E-state index contributed by atoms with van der Waals surface area (Å²) in [5.74, 6) is -0.608. The Morgan fingerprint density at radius 3 is 2.48 bits per heavy atom. The van der Waals surface area contributed by atoms with E-state index in [2.05, 4.69) is 4.72 Å². The predicted molar refractivity (Wildman–Crippen MR) is 79.8 cm³/mol. The monoisotopic (exact) mass is 329 g/mol. The Balaban J connectivity index is 2.45. The third-order valence-corrected chi connectivity index (χ3v) is 4.91. The van der Waals surface area contributed by atoms with Crippen LogP contribution in [0.2, 0.25) is 5.02 Å². The maximum absolute atomic E-state index is 13.0. The Morgan fingerprint density at radius 2 is 1.86 bits per heavy atom. The lowest BCUT2D eigenvalue weighted by Gasteiger charge is -2.13. The average Bonchev–Trinajstić information content (AvgIpc) is 2.39. The molecule has 7 heteroatoms. The fourth-order valence-electron chi connectivity index (χ4n) is 1.84. The summed E-state index contributed by atoms with van der Waals surface area (Å²) in [5.41, 5.74) is 1.27. The van der Waals surface area contributed by atoms with E-state index in [-0.39, 0.29) is 21.4 Å². The first-order chi connectivity index (χ1) is 9.72. The van der Waals surface area contributed by atoms with Gasteiger partial charge >= 0.3 is 0 Å². The van der Waals surface area contributed by atoms with E-state index in [1.807, 2.05) is 0 Å². The molecule has 0 heterocycles. The Hall–Kier alpha value is -1.79. The number of benzene rings is 2. The zero-order valence-corrected chi connectivity index (χ0v) is 12.9. The summed E-state index contributed by atoms with van der Waals surface area (Å²) >= 11 is 5.77. The van der Waals surface area contributed by atoms with E-state index in [9.17, 15) is 17.9 Å². The highest BCUT2D eigenvalue weighted by Gasteiger charge is 2.20. The Kier molecular flexibility index (Phi) is 4.11. The van der Waals surface area contributed by atoms with Gasteiger partial charge in [0.1, 0.15) is 16.5 Å². The molecule has 0 amide bonds. The van der Waals surface area contributed by atoms with E-state index in [4.69, 9.17) is 11.6 Å². The molecule has 21 heavy (non-hydrogen) atoms. The van der Waals surface area contributed by atoms with Gasteiger partial charge in [-0.2, -0.15) is 0 Å². The minimum Gasteiger partial charge on any atom is -0.507 e. The van der Waals surface area contributed by atoms with Crippen molar-refractivity contribution in [2.24, 2.45) is 0 Å². The summed E-state index contributed by atoms with van der Waals surface area (Å²) in [6, 6.07) is 6.16. The summed E-state index contributed by atoms with van der Waals surface area (Å²) in [4.78, 5) is -0.231. The molecule has 0 aliphatic rings. The number of halogens is 2. The summed E-state index contributed by atoms with van der Waals surface area (Å²) in [5, 5.41) is 9.62. The second-order valence-corrected chi connectivity index (χ2v) is 6.64. The van der Waals surface area contributed by atoms with Gasteiger partial charge < -0.3 is 5.11 Å².